The van der Waals surface area contributed by atoms with Crippen LogP contribution in [0.4, 0.5) is 0 Å². The first-order valence-electron chi connectivity index (χ1n) is 17.4. The molecule has 0 amide bonds. The molecule has 2 aliphatic rings. The molecule has 0 aliphatic carbocycles. The summed E-state index contributed by atoms with van der Waals surface area (Å²) in [7, 11) is -7.33. The van der Waals surface area contributed by atoms with Gasteiger partial charge in [0, 0.05) is 22.3 Å². The smallest absolute Gasteiger partial charge is 0.298 e. The molecule has 4 atom stereocenters. The summed E-state index contributed by atoms with van der Waals surface area (Å²) in [4.78, 5) is 0. The lowest BCUT2D eigenvalue weighted by Crippen LogP contribution is -2.32. The Morgan fingerprint density at radius 3 is 1.23 bits per heavy atom. The van der Waals surface area contributed by atoms with Crippen LogP contribution in [0.15, 0.2) is 146 Å². The zero-order valence-corrected chi connectivity index (χ0v) is 30.1. The quantitative estimate of drug-likeness (QED) is 0.0772. The zero-order valence-electron chi connectivity index (χ0n) is 28.3. The van der Waals surface area contributed by atoms with Crippen LogP contribution in [-0.2, 0) is 9.13 Å². The largest absolute Gasteiger partial charge is 0.508 e. The molecule has 0 saturated carbocycles. The average molecular weight is 729 g/mol. The van der Waals surface area contributed by atoms with Gasteiger partial charge in [0.25, 0.3) is 14.7 Å². The molecule has 0 saturated heterocycles. The number of fused-ring (bicyclic) bond motifs is 6. The first-order valence-corrected chi connectivity index (χ1v) is 20.8. The SMILES string of the molecule is O=P1(C(NCCCCNC(c2ccccc2O)P2(=O)Oc3ccccc3-c3ccccc32)c2ccccc2O)Oc2ccccc2-c2ccccc21. The summed E-state index contributed by atoms with van der Waals surface area (Å²) in [6.45, 7) is 0.896. The molecule has 4 N–H and O–H groups in total. The molecule has 262 valence electrons. The van der Waals surface area contributed by atoms with Gasteiger partial charge in [-0.2, -0.15) is 0 Å². The maximum atomic E-state index is 15.2. The lowest BCUT2D eigenvalue weighted by atomic mass is 10.0. The van der Waals surface area contributed by atoms with Crippen LogP contribution >= 0.6 is 14.7 Å². The van der Waals surface area contributed by atoms with Crippen molar-refractivity contribution in [2.75, 3.05) is 13.1 Å². The maximum absolute atomic E-state index is 15.2. The molecule has 10 heteroatoms. The third-order valence-corrected chi connectivity index (χ3v) is 15.1. The second-order valence-corrected chi connectivity index (χ2v) is 17.7. The molecule has 8 nitrogen and oxygen atoms in total. The van der Waals surface area contributed by atoms with Crippen molar-refractivity contribution in [1.29, 1.82) is 0 Å². The molecule has 2 heterocycles. The summed E-state index contributed by atoms with van der Waals surface area (Å²) in [6.07, 6.45) is 1.29. The lowest BCUT2D eigenvalue weighted by Gasteiger charge is -2.35. The van der Waals surface area contributed by atoms with E-state index >= 15 is 9.13 Å². The Morgan fingerprint density at radius 1 is 0.462 bits per heavy atom. The van der Waals surface area contributed by atoms with Crippen LogP contribution in [0, 0.1) is 0 Å². The van der Waals surface area contributed by atoms with Crippen LogP contribution in [0.3, 0.4) is 0 Å². The first kappa shape index (κ1) is 34.0. The number of phenols is 2. The van der Waals surface area contributed by atoms with Gasteiger partial charge in [0.1, 0.15) is 34.6 Å². The van der Waals surface area contributed by atoms with Crippen molar-refractivity contribution in [2.24, 2.45) is 0 Å². The van der Waals surface area contributed by atoms with Crippen molar-refractivity contribution < 1.29 is 28.4 Å². The van der Waals surface area contributed by atoms with Crippen LogP contribution in [0.1, 0.15) is 35.5 Å². The van der Waals surface area contributed by atoms with E-state index < -0.39 is 26.3 Å². The predicted octanol–water partition coefficient (Wildman–Crippen LogP) is 9.08. The third-order valence-electron chi connectivity index (χ3n) is 9.72. The van der Waals surface area contributed by atoms with Gasteiger partial charge in [0.2, 0.25) is 0 Å². The van der Waals surface area contributed by atoms with E-state index in [1.165, 1.54) is 0 Å². The number of rotatable bonds is 11. The Morgan fingerprint density at radius 2 is 0.808 bits per heavy atom. The number of aromatic hydroxyl groups is 2. The van der Waals surface area contributed by atoms with Gasteiger partial charge in [-0.1, -0.05) is 109 Å². The lowest BCUT2D eigenvalue weighted by molar-refractivity contribution is 0.433. The normalized spacial score (nSPS) is 19.5. The highest BCUT2D eigenvalue weighted by Gasteiger charge is 2.46. The van der Waals surface area contributed by atoms with Gasteiger partial charge in [-0.25, -0.2) is 0 Å². The Bertz CT molecular complexity index is 2200. The van der Waals surface area contributed by atoms with E-state index in [2.05, 4.69) is 10.6 Å². The summed E-state index contributed by atoms with van der Waals surface area (Å²) in [6, 6.07) is 44.1. The first-order chi connectivity index (χ1) is 25.4. The van der Waals surface area contributed by atoms with E-state index in [0.29, 0.717) is 59.2 Å². The molecule has 8 rings (SSSR count). The Labute approximate surface area is 303 Å². The van der Waals surface area contributed by atoms with Crippen molar-refractivity contribution in [1.82, 2.24) is 10.6 Å². The maximum Gasteiger partial charge on any atom is 0.298 e. The number of phenolic OH excluding ortho intramolecular Hbond substituents is 2. The zero-order chi connectivity index (χ0) is 35.7. The molecule has 6 aromatic carbocycles. The molecule has 2 aliphatic heterocycles. The second-order valence-electron chi connectivity index (χ2n) is 12.9. The van der Waals surface area contributed by atoms with E-state index in [4.69, 9.17) is 9.05 Å². The number of unbranched alkanes of at least 4 members (excludes halogenated alkanes) is 1. The molecule has 4 unspecified atom stereocenters. The van der Waals surface area contributed by atoms with Crippen LogP contribution in [0.25, 0.3) is 22.3 Å². The van der Waals surface area contributed by atoms with Crippen molar-refractivity contribution in [2.45, 2.75) is 24.4 Å². The van der Waals surface area contributed by atoms with E-state index in [1.54, 1.807) is 36.4 Å². The van der Waals surface area contributed by atoms with E-state index in [-0.39, 0.29) is 11.5 Å². The van der Waals surface area contributed by atoms with Gasteiger partial charge < -0.3 is 29.9 Å². The van der Waals surface area contributed by atoms with Gasteiger partial charge in [-0.05, 0) is 73.5 Å². The van der Waals surface area contributed by atoms with Crippen LogP contribution in [0.2, 0.25) is 0 Å². The van der Waals surface area contributed by atoms with Gasteiger partial charge >= 0.3 is 0 Å². The highest BCUT2D eigenvalue weighted by Crippen LogP contribution is 2.64. The molecule has 0 bridgehead atoms. The molecule has 52 heavy (non-hydrogen) atoms. The van der Waals surface area contributed by atoms with Crippen LogP contribution in [0.5, 0.6) is 23.0 Å². The van der Waals surface area contributed by atoms with Crippen molar-refractivity contribution in [3.8, 4) is 45.3 Å². The molecule has 0 fully saturated rings. The summed E-state index contributed by atoms with van der Waals surface area (Å²) in [5.74, 6) is -0.519. The number of hydrogen-bond acceptors (Lipinski definition) is 8. The summed E-state index contributed by atoms with van der Waals surface area (Å²) < 4.78 is 43.2. The van der Waals surface area contributed by atoms with Crippen LogP contribution in [-0.4, -0.2) is 23.3 Å². The third kappa shape index (κ3) is 6.02. The molecule has 6 aromatic rings. The van der Waals surface area contributed by atoms with Crippen molar-refractivity contribution >= 4 is 25.3 Å². The Balaban J connectivity index is 1.03. The van der Waals surface area contributed by atoms with Gasteiger partial charge in [0.15, 0.2) is 0 Å². The highest BCUT2D eigenvalue weighted by molar-refractivity contribution is 7.68. The molecule has 0 radical (unpaired) electrons. The molecular weight excluding hydrogens is 690 g/mol. The predicted molar refractivity (Wildman–Crippen MR) is 206 cm³/mol. The number of benzene rings is 6. The van der Waals surface area contributed by atoms with Gasteiger partial charge in [-0.15, -0.1) is 0 Å². The highest BCUT2D eigenvalue weighted by atomic mass is 31.2. The number of nitrogens with one attached hydrogen (secondary N) is 2. The second kappa shape index (κ2) is 14.1. The van der Waals surface area contributed by atoms with E-state index in [1.807, 2.05) is 109 Å². The number of hydrogen-bond donors (Lipinski definition) is 4. The topological polar surface area (TPSA) is 117 Å². The minimum atomic E-state index is -3.66. The minimum Gasteiger partial charge on any atom is -0.508 e. The van der Waals surface area contributed by atoms with Gasteiger partial charge in [0.05, 0.1) is 10.6 Å². The standard InChI is InChI=1S/C42H38N2O6P2/c45-35-21-7-1-19-33(35)41(51(47)39-25-11-5-17-31(39)29-15-3-9-23-37(29)49-51)43-27-13-14-28-44-42(34-20-2-8-22-36(34)46)52(48)40-26-12-6-18-32(40)30-16-4-10-24-38(30)50-52/h1-12,15-26,41-46H,13-14,27-28H2. The molecular formula is C42H38N2O6P2. The van der Waals surface area contributed by atoms with Crippen molar-refractivity contribution in [3.63, 3.8) is 0 Å². The van der Waals surface area contributed by atoms with Gasteiger partial charge in [-0.3, -0.25) is 9.13 Å². The minimum absolute atomic E-state index is 0.0291. The van der Waals surface area contributed by atoms with E-state index in [0.717, 1.165) is 22.3 Å². The fraction of sp³-hybridized carbons (Fsp3) is 0.143. The van der Waals surface area contributed by atoms with Crippen LogP contribution < -0.4 is 30.3 Å². The van der Waals surface area contributed by atoms with Crippen molar-refractivity contribution in [3.05, 3.63) is 157 Å². The molecule has 0 aromatic heterocycles. The monoisotopic (exact) mass is 728 g/mol. The average Bonchev–Trinajstić information content (AvgIpc) is 3.17. The number of para-hydroxylation sites is 4. The Hall–Kier alpha value is -5.10. The summed E-state index contributed by atoms with van der Waals surface area (Å²) >= 11 is 0. The summed E-state index contributed by atoms with van der Waals surface area (Å²) in [5, 5.41) is 30.2. The fourth-order valence-corrected chi connectivity index (χ4v) is 12.7. The van der Waals surface area contributed by atoms with E-state index in [9.17, 15) is 10.2 Å². The Kier molecular flexibility index (Phi) is 9.25. The molecule has 0 spiro atoms. The fourth-order valence-electron chi connectivity index (χ4n) is 7.25. The summed E-state index contributed by atoms with van der Waals surface area (Å²) in [5.41, 5.74) is 4.42.